The molecule has 6 heteroatoms. The molecule has 0 bridgehead atoms. The number of hydrogen-bond donors (Lipinski definition) is 2. The van der Waals surface area contributed by atoms with Gasteiger partial charge in [0, 0.05) is 11.1 Å². The van der Waals surface area contributed by atoms with Crippen LogP contribution in [0.4, 0.5) is 0 Å². The van der Waals surface area contributed by atoms with Gasteiger partial charge in [0.25, 0.3) is 0 Å². The molecule has 0 unspecified atom stereocenters. The zero-order valence-corrected chi connectivity index (χ0v) is 21.3. The summed E-state index contributed by atoms with van der Waals surface area (Å²) in [4.78, 5) is 26.1. The molecule has 0 heterocycles. The van der Waals surface area contributed by atoms with Crippen LogP contribution in [-0.4, -0.2) is 33.4 Å². The summed E-state index contributed by atoms with van der Waals surface area (Å²) in [7, 11) is 0. The fraction of sp³-hybridized carbons (Fsp3) is 0.267. The van der Waals surface area contributed by atoms with Crippen LogP contribution >= 0.6 is 0 Å². The van der Waals surface area contributed by atoms with E-state index in [0.29, 0.717) is 21.5 Å². The zero-order valence-electron chi connectivity index (χ0n) is 21.3. The summed E-state index contributed by atoms with van der Waals surface area (Å²) in [5.41, 5.74) is -1.17. The number of aromatic hydroxyl groups is 2. The lowest BCUT2D eigenvalue weighted by molar-refractivity contribution is 0.00537. The molecular formula is C30H30O6. The predicted molar refractivity (Wildman–Crippen MR) is 141 cm³/mol. The van der Waals surface area contributed by atoms with Gasteiger partial charge < -0.3 is 19.7 Å². The quantitative estimate of drug-likeness (QED) is 0.303. The van der Waals surface area contributed by atoms with Crippen LogP contribution in [0.2, 0.25) is 0 Å². The molecular weight excluding hydrogens is 456 g/mol. The van der Waals surface area contributed by atoms with Gasteiger partial charge in [0.15, 0.2) is 0 Å². The van der Waals surface area contributed by atoms with Crippen LogP contribution in [0.1, 0.15) is 62.3 Å². The van der Waals surface area contributed by atoms with Gasteiger partial charge in [-0.2, -0.15) is 0 Å². The van der Waals surface area contributed by atoms with Gasteiger partial charge in [-0.1, -0.05) is 48.5 Å². The summed E-state index contributed by atoms with van der Waals surface area (Å²) in [6.45, 7) is 10.5. The number of benzene rings is 4. The molecule has 2 N–H and O–H groups in total. The van der Waals surface area contributed by atoms with E-state index >= 15 is 0 Å². The molecule has 0 aliphatic carbocycles. The molecule has 0 aliphatic heterocycles. The van der Waals surface area contributed by atoms with E-state index in [9.17, 15) is 19.8 Å². The maximum atomic E-state index is 13.1. The van der Waals surface area contributed by atoms with Crippen molar-refractivity contribution in [1.29, 1.82) is 0 Å². The van der Waals surface area contributed by atoms with E-state index in [1.165, 1.54) is 0 Å². The molecule has 186 valence electrons. The number of rotatable bonds is 3. The second-order valence-corrected chi connectivity index (χ2v) is 10.7. The number of fused-ring (bicyclic) bond motifs is 2. The van der Waals surface area contributed by atoms with E-state index in [1.807, 2.05) is 24.3 Å². The number of esters is 2. The molecule has 0 saturated carbocycles. The van der Waals surface area contributed by atoms with Crippen LogP contribution in [-0.2, 0) is 9.47 Å². The molecule has 0 radical (unpaired) electrons. The van der Waals surface area contributed by atoms with Crippen LogP contribution < -0.4 is 0 Å². The van der Waals surface area contributed by atoms with Crippen molar-refractivity contribution < 1.29 is 29.3 Å². The maximum Gasteiger partial charge on any atom is 0.342 e. The molecule has 4 aromatic carbocycles. The average Bonchev–Trinajstić information content (AvgIpc) is 2.76. The lowest BCUT2D eigenvalue weighted by Crippen LogP contribution is -2.24. The molecule has 4 aromatic rings. The van der Waals surface area contributed by atoms with Crippen LogP contribution in [0.5, 0.6) is 11.5 Å². The highest BCUT2D eigenvalue weighted by atomic mass is 16.6. The van der Waals surface area contributed by atoms with E-state index in [-0.39, 0.29) is 33.8 Å². The zero-order chi connectivity index (χ0) is 26.4. The normalized spacial score (nSPS) is 12.1. The Bertz CT molecular complexity index is 1390. The van der Waals surface area contributed by atoms with Crippen molar-refractivity contribution in [3.63, 3.8) is 0 Å². The van der Waals surface area contributed by atoms with Crippen LogP contribution in [0.15, 0.2) is 60.7 Å². The minimum atomic E-state index is -0.777. The Kier molecular flexibility index (Phi) is 6.17. The van der Waals surface area contributed by atoms with E-state index in [0.717, 1.165) is 0 Å². The Morgan fingerprint density at radius 2 is 0.944 bits per heavy atom. The summed E-state index contributed by atoms with van der Waals surface area (Å²) in [6, 6.07) is 17.6. The van der Waals surface area contributed by atoms with E-state index in [1.54, 1.807) is 77.9 Å². The second-order valence-electron chi connectivity index (χ2n) is 10.7. The molecule has 0 atom stereocenters. The van der Waals surface area contributed by atoms with Crippen molar-refractivity contribution in [2.45, 2.75) is 52.7 Å². The Labute approximate surface area is 210 Å². The van der Waals surface area contributed by atoms with Gasteiger partial charge in [-0.3, -0.25) is 0 Å². The molecule has 6 nitrogen and oxygen atoms in total. The number of phenolic OH excluding ortho intramolecular Hbond substituents is 2. The molecule has 0 amide bonds. The summed E-state index contributed by atoms with van der Waals surface area (Å²) >= 11 is 0. The first-order valence-electron chi connectivity index (χ1n) is 11.7. The van der Waals surface area contributed by atoms with Crippen LogP contribution in [0, 0.1) is 0 Å². The average molecular weight is 487 g/mol. The van der Waals surface area contributed by atoms with E-state index in [2.05, 4.69) is 0 Å². The molecule has 0 aromatic heterocycles. The fourth-order valence-electron chi connectivity index (χ4n) is 4.16. The van der Waals surface area contributed by atoms with Crippen molar-refractivity contribution in [2.24, 2.45) is 0 Å². The first kappa shape index (κ1) is 25.0. The Morgan fingerprint density at radius 3 is 1.28 bits per heavy atom. The highest BCUT2D eigenvalue weighted by molar-refractivity contribution is 6.15. The number of hydrogen-bond acceptors (Lipinski definition) is 6. The van der Waals surface area contributed by atoms with Gasteiger partial charge in [0.1, 0.15) is 33.8 Å². The standard InChI is InChI=1S/C30H30O6/c1-29(2,3)35-27(33)21-15-17-11-7-9-13-19(17)23(25(21)31)24-20-14-10-8-12-18(20)16-22(26(24)32)28(34)36-30(4,5)6/h7-16,31-32H,1-6H3. The fourth-order valence-corrected chi connectivity index (χ4v) is 4.16. The number of carbonyl (C=O) groups is 2. The molecule has 0 aliphatic rings. The molecule has 4 rings (SSSR count). The second kappa shape index (κ2) is 8.86. The minimum absolute atomic E-state index is 0.0372. The smallest absolute Gasteiger partial charge is 0.342 e. The first-order valence-corrected chi connectivity index (χ1v) is 11.7. The van der Waals surface area contributed by atoms with Crippen molar-refractivity contribution in [3.8, 4) is 22.6 Å². The number of phenols is 2. The third-order valence-electron chi connectivity index (χ3n) is 5.53. The predicted octanol–water partition coefficient (Wildman–Crippen LogP) is 6.98. The summed E-state index contributed by atoms with van der Waals surface area (Å²) < 4.78 is 11.1. The van der Waals surface area contributed by atoms with Crippen molar-refractivity contribution in [2.75, 3.05) is 0 Å². The van der Waals surface area contributed by atoms with Crippen LogP contribution in [0.25, 0.3) is 32.7 Å². The SMILES string of the molecule is CC(C)(C)OC(=O)c1cc2ccccc2c(-c2c(O)c(C(=O)OC(C)(C)C)cc3ccccc23)c1O. The third kappa shape index (κ3) is 4.85. The van der Waals surface area contributed by atoms with E-state index in [4.69, 9.17) is 9.47 Å². The van der Waals surface area contributed by atoms with Crippen molar-refractivity contribution in [3.05, 3.63) is 71.8 Å². The Morgan fingerprint density at radius 1 is 0.611 bits per heavy atom. The largest absolute Gasteiger partial charge is 0.506 e. The van der Waals surface area contributed by atoms with Crippen molar-refractivity contribution in [1.82, 2.24) is 0 Å². The van der Waals surface area contributed by atoms with Gasteiger partial charge in [-0.15, -0.1) is 0 Å². The Balaban J connectivity index is 2.10. The van der Waals surface area contributed by atoms with Crippen LogP contribution in [0.3, 0.4) is 0 Å². The minimum Gasteiger partial charge on any atom is -0.506 e. The van der Waals surface area contributed by atoms with Gasteiger partial charge in [0.2, 0.25) is 0 Å². The monoisotopic (exact) mass is 486 g/mol. The molecule has 36 heavy (non-hydrogen) atoms. The number of carbonyl (C=O) groups excluding carboxylic acids is 2. The molecule has 0 spiro atoms. The van der Waals surface area contributed by atoms with Crippen molar-refractivity contribution >= 4 is 33.5 Å². The molecule has 0 saturated heterocycles. The highest BCUT2D eigenvalue weighted by Crippen LogP contribution is 2.48. The van der Waals surface area contributed by atoms with E-state index < -0.39 is 23.1 Å². The Hall–Kier alpha value is -4.06. The van der Waals surface area contributed by atoms with Gasteiger partial charge >= 0.3 is 11.9 Å². The lowest BCUT2D eigenvalue weighted by Gasteiger charge is -2.23. The van der Waals surface area contributed by atoms with Gasteiger partial charge in [-0.25, -0.2) is 9.59 Å². The summed E-state index contributed by atoms with van der Waals surface area (Å²) in [5, 5.41) is 25.5. The third-order valence-corrected chi connectivity index (χ3v) is 5.53. The summed E-state index contributed by atoms with van der Waals surface area (Å²) in [5.74, 6) is -2.08. The number of ether oxygens (including phenoxy) is 2. The van der Waals surface area contributed by atoms with Gasteiger partial charge in [0.05, 0.1) is 0 Å². The summed E-state index contributed by atoms with van der Waals surface area (Å²) in [6.07, 6.45) is 0. The topological polar surface area (TPSA) is 93.1 Å². The highest BCUT2D eigenvalue weighted by Gasteiger charge is 2.29. The van der Waals surface area contributed by atoms with Gasteiger partial charge in [-0.05, 0) is 75.2 Å². The lowest BCUT2D eigenvalue weighted by atomic mass is 9.88. The maximum absolute atomic E-state index is 13.1. The molecule has 0 fully saturated rings. The first-order chi connectivity index (χ1) is 16.8.